The summed E-state index contributed by atoms with van der Waals surface area (Å²) >= 11 is 2.08. The smallest absolute Gasteiger partial charge is 0.0181 e. The van der Waals surface area contributed by atoms with Crippen LogP contribution in [-0.4, -0.2) is 24.1 Å². The molecule has 80 valence electrons. The lowest BCUT2D eigenvalue weighted by Gasteiger charge is -2.21. The molecule has 0 saturated heterocycles. The number of rotatable bonds is 7. The second-order valence-corrected chi connectivity index (χ2v) is 5.41. The monoisotopic (exact) mass is 203 g/mol. The average molecular weight is 203 g/mol. The van der Waals surface area contributed by atoms with Crippen LogP contribution in [-0.2, 0) is 0 Å². The molecule has 1 unspecified atom stereocenters. The van der Waals surface area contributed by atoms with Crippen molar-refractivity contribution in [2.75, 3.05) is 18.1 Å². The van der Waals surface area contributed by atoms with Crippen molar-refractivity contribution in [3.05, 3.63) is 0 Å². The van der Waals surface area contributed by atoms with Crippen molar-refractivity contribution in [2.24, 2.45) is 11.8 Å². The highest BCUT2D eigenvalue weighted by atomic mass is 32.2. The zero-order valence-corrected chi connectivity index (χ0v) is 10.6. The van der Waals surface area contributed by atoms with Crippen molar-refractivity contribution in [3.63, 3.8) is 0 Å². The topological polar surface area (TPSA) is 12.0 Å². The van der Waals surface area contributed by atoms with Gasteiger partial charge in [-0.15, -0.1) is 0 Å². The number of nitrogens with one attached hydrogen (secondary N) is 1. The molecule has 0 aromatic carbocycles. The Morgan fingerprint density at radius 3 is 2.08 bits per heavy atom. The van der Waals surface area contributed by atoms with Crippen LogP contribution in [0, 0.1) is 11.8 Å². The Hall–Kier alpha value is 0.310. The summed E-state index contributed by atoms with van der Waals surface area (Å²) < 4.78 is 0. The van der Waals surface area contributed by atoms with Gasteiger partial charge in [0.25, 0.3) is 0 Å². The summed E-state index contributed by atoms with van der Waals surface area (Å²) in [5.41, 5.74) is 0. The number of thioether (sulfide) groups is 1. The van der Waals surface area contributed by atoms with E-state index >= 15 is 0 Å². The molecule has 0 aliphatic carbocycles. The van der Waals surface area contributed by atoms with Gasteiger partial charge in [-0.25, -0.2) is 0 Å². The molecule has 0 bridgehead atoms. The Kier molecular flexibility index (Phi) is 7.87. The maximum atomic E-state index is 3.53. The maximum absolute atomic E-state index is 3.53. The van der Waals surface area contributed by atoms with Crippen LogP contribution in [0.3, 0.4) is 0 Å². The zero-order chi connectivity index (χ0) is 10.3. The molecule has 1 nitrogen and oxygen atoms in total. The summed E-state index contributed by atoms with van der Waals surface area (Å²) in [5, 5.41) is 3.53. The molecule has 1 atom stereocenters. The fourth-order valence-corrected chi connectivity index (χ4v) is 2.54. The summed E-state index contributed by atoms with van der Waals surface area (Å²) in [6, 6.07) is 0.689. The van der Waals surface area contributed by atoms with E-state index in [0.29, 0.717) is 6.04 Å². The van der Waals surface area contributed by atoms with Crippen molar-refractivity contribution in [3.8, 4) is 0 Å². The highest BCUT2D eigenvalue weighted by Gasteiger charge is 2.11. The van der Waals surface area contributed by atoms with Gasteiger partial charge in [-0.3, -0.25) is 0 Å². The van der Waals surface area contributed by atoms with Gasteiger partial charge >= 0.3 is 0 Å². The second kappa shape index (κ2) is 7.69. The van der Waals surface area contributed by atoms with E-state index in [2.05, 4.69) is 51.7 Å². The summed E-state index contributed by atoms with van der Waals surface area (Å²) in [5.74, 6) is 4.11. The highest BCUT2D eigenvalue weighted by Crippen LogP contribution is 2.13. The Bertz CT molecular complexity index is 113. The quantitative estimate of drug-likeness (QED) is 0.682. The van der Waals surface area contributed by atoms with Gasteiger partial charge in [0.15, 0.2) is 0 Å². The van der Waals surface area contributed by atoms with E-state index in [4.69, 9.17) is 0 Å². The lowest BCUT2D eigenvalue weighted by molar-refractivity contribution is 0.443. The van der Waals surface area contributed by atoms with E-state index in [1.165, 1.54) is 11.5 Å². The standard InChI is InChI=1S/C11H25NS/c1-6-12-11(10(4)5)8-13-7-9(2)3/h9-12H,6-8H2,1-5H3. The van der Waals surface area contributed by atoms with Gasteiger partial charge in [0, 0.05) is 11.8 Å². The Labute approximate surface area is 88.1 Å². The van der Waals surface area contributed by atoms with E-state index in [-0.39, 0.29) is 0 Å². The minimum absolute atomic E-state index is 0.689. The highest BCUT2D eigenvalue weighted by molar-refractivity contribution is 7.99. The normalized spacial score (nSPS) is 14.1. The van der Waals surface area contributed by atoms with E-state index in [0.717, 1.165) is 18.4 Å². The second-order valence-electron chi connectivity index (χ2n) is 4.34. The zero-order valence-electron chi connectivity index (χ0n) is 9.76. The van der Waals surface area contributed by atoms with Crippen molar-refractivity contribution >= 4 is 11.8 Å². The Balaban J connectivity index is 3.57. The van der Waals surface area contributed by atoms with E-state index in [1.54, 1.807) is 0 Å². The molecule has 0 aromatic heterocycles. The van der Waals surface area contributed by atoms with Gasteiger partial charge in [-0.2, -0.15) is 11.8 Å². The van der Waals surface area contributed by atoms with Crippen LogP contribution in [0.15, 0.2) is 0 Å². The van der Waals surface area contributed by atoms with Gasteiger partial charge in [-0.1, -0.05) is 34.6 Å². The maximum Gasteiger partial charge on any atom is 0.0181 e. The molecule has 0 aromatic rings. The molecule has 1 N–H and O–H groups in total. The molecule has 0 fully saturated rings. The number of hydrogen-bond donors (Lipinski definition) is 1. The molecule has 0 heterocycles. The van der Waals surface area contributed by atoms with Crippen LogP contribution in [0.5, 0.6) is 0 Å². The molecule has 13 heavy (non-hydrogen) atoms. The molecule has 0 rings (SSSR count). The molecule has 2 heteroatoms. The first kappa shape index (κ1) is 13.3. The third kappa shape index (κ3) is 7.39. The van der Waals surface area contributed by atoms with Crippen molar-refractivity contribution in [1.82, 2.24) is 5.32 Å². The number of hydrogen-bond acceptors (Lipinski definition) is 2. The molecular formula is C11H25NS. The minimum Gasteiger partial charge on any atom is -0.313 e. The van der Waals surface area contributed by atoms with Crippen LogP contribution in [0.4, 0.5) is 0 Å². The van der Waals surface area contributed by atoms with E-state index < -0.39 is 0 Å². The molecular weight excluding hydrogens is 178 g/mol. The third-order valence-corrected chi connectivity index (χ3v) is 3.52. The first-order chi connectivity index (χ1) is 6.07. The summed E-state index contributed by atoms with van der Waals surface area (Å²) in [6.45, 7) is 12.4. The van der Waals surface area contributed by atoms with Gasteiger partial charge in [0.1, 0.15) is 0 Å². The predicted molar refractivity (Wildman–Crippen MR) is 64.5 cm³/mol. The van der Waals surface area contributed by atoms with Gasteiger partial charge in [0.2, 0.25) is 0 Å². The molecule has 0 saturated carbocycles. The minimum atomic E-state index is 0.689. The summed E-state index contributed by atoms with van der Waals surface area (Å²) in [7, 11) is 0. The van der Waals surface area contributed by atoms with Crippen LogP contribution in [0.25, 0.3) is 0 Å². The SMILES string of the molecule is CCNC(CSCC(C)C)C(C)C. The average Bonchev–Trinajstić information content (AvgIpc) is 2.02. The Morgan fingerprint density at radius 2 is 1.69 bits per heavy atom. The van der Waals surface area contributed by atoms with Crippen LogP contribution >= 0.6 is 11.8 Å². The molecule has 0 amide bonds. The third-order valence-electron chi connectivity index (χ3n) is 2.02. The largest absolute Gasteiger partial charge is 0.313 e. The van der Waals surface area contributed by atoms with Crippen molar-refractivity contribution in [1.29, 1.82) is 0 Å². The molecule has 0 aliphatic heterocycles. The van der Waals surface area contributed by atoms with Gasteiger partial charge in [0.05, 0.1) is 0 Å². The van der Waals surface area contributed by atoms with Crippen molar-refractivity contribution < 1.29 is 0 Å². The lowest BCUT2D eigenvalue weighted by atomic mass is 10.1. The summed E-state index contributed by atoms with van der Waals surface area (Å²) in [6.07, 6.45) is 0. The fourth-order valence-electron chi connectivity index (χ4n) is 1.18. The lowest BCUT2D eigenvalue weighted by Crippen LogP contribution is -2.36. The molecule has 0 spiro atoms. The van der Waals surface area contributed by atoms with E-state index in [9.17, 15) is 0 Å². The molecule has 0 radical (unpaired) electrons. The van der Waals surface area contributed by atoms with Crippen molar-refractivity contribution in [2.45, 2.75) is 40.7 Å². The Morgan fingerprint density at radius 1 is 1.08 bits per heavy atom. The fraction of sp³-hybridized carbons (Fsp3) is 1.00. The van der Waals surface area contributed by atoms with Gasteiger partial charge < -0.3 is 5.32 Å². The first-order valence-electron chi connectivity index (χ1n) is 5.39. The van der Waals surface area contributed by atoms with Crippen LogP contribution < -0.4 is 5.32 Å². The summed E-state index contributed by atoms with van der Waals surface area (Å²) in [4.78, 5) is 0. The van der Waals surface area contributed by atoms with Crippen LogP contribution in [0.2, 0.25) is 0 Å². The first-order valence-corrected chi connectivity index (χ1v) is 6.54. The van der Waals surface area contributed by atoms with Gasteiger partial charge in [-0.05, 0) is 24.1 Å². The van der Waals surface area contributed by atoms with E-state index in [1.807, 2.05) is 0 Å². The predicted octanol–water partition coefficient (Wildman–Crippen LogP) is 3.01. The molecule has 0 aliphatic rings. The van der Waals surface area contributed by atoms with Crippen LogP contribution in [0.1, 0.15) is 34.6 Å².